The monoisotopic (exact) mass is 239 g/mol. The van der Waals surface area contributed by atoms with Crippen LogP contribution in [0.2, 0.25) is 0 Å². The zero-order valence-corrected chi connectivity index (χ0v) is 12.6. The van der Waals surface area contributed by atoms with Crippen molar-refractivity contribution in [3.8, 4) is 0 Å². The lowest BCUT2D eigenvalue weighted by Crippen LogP contribution is -2.42. The van der Waals surface area contributed by atoms with E-state index >= 15 is 0 Å². The van der Waals surface area contributed by atoms with Gasteiger partial charge in [-0.3, -0.25) is 0 Å². The minimum absolute atomic E-state index is 0.700. The van der Waals surface area contributed by atoms with Gasteiger partial charge >= 0.3 is 0 Å². The molecule has 0 radical (unpaired) electrons. The second-order valence-corrected chi connectivity index (χ2v) is 6.34. The van der Waals surface area contributed by atoms with E-state index in [-0.39, 0.29) is 0 Å². The molecule has 1 nitrogen and oxygen atoms in total. The van der Waals surface area contributed by atoms with Crippen molar-refractivity contribution in [3.05, 3.63) is 0 Å². The summed E-state index contributed by atoms with van der Waals surface area (Å²) >= 11 is 0. The van der Waals surface area contributed by atoms with Crippen molar-refractivity contribution in [2.45, 2.75) is 72.3 Å². The van der Waals surface area contributed by atoms with Crippen LogP contribution in [-0.2, 0) is 0 Å². The fourth-order valence-electron chi connectivity index (χ4n) is 3.94. The van der Waals surface area contributed by atoms with Crippen LogP contribution in [0.5, 0.6) is 0 Å². The molecule has 102 valence electrons. The summed E-state index contributed by atoms with van der Waals surface area (Å²) in [6, 6.07) is 0.700. The second-order valence-electron chi connectivity index (χ2n) is 6.34. The maximum absolute atomic E-state index is 3.59. The molecule has 1 aliphatic carbocycles. The van der Waals surface area contributed by atoms with Crippen molar-refractivity contribution in [1.82, 2.24) is 5.32 Å². The van der Waals surface area contributed by atoms with Crippen LogP contribution < -0.4 is 5.32 Å². The highest BCUT2D eigenvalue weighted by Crippen LogP contribution is 2.37. The minimum atomic E-state index is 0.700. The summed E-state index contributed by atoms with van der Waals surface area (Å²) in [7, 11) is 2.15. The normalized spacial score (nSPS) is 24.5. The van der Waals surface area contributed by atoms with Crippen molar-refractivity contribution in [2.24, 2.45) is 23.7 Å². The van der Waals surface area contributed by atoms with Gasteiger partial charge in [0.05, 0.1) is 0 Å². The zero-order valence-electron chi connectivity index (χ0n) is 12.6. The maximum atomic E-state index is 3.59. The summed E-state index contributed by atoms with van der Waals surface area (Å²) in [5.41, 5.74) is 0. The smallest absolute Gasteiger partial charge is 0.0118 e. The highest BCUT2D eigenvalue weighted by Gasteiger charge is 2.31. The number of hydrogen-bond acceptors (Lipinski definition) is 1. The Bertz CT molecular complexity index is 196. The predicted molar refractivity (Wildman–Crippen MR) is 77.2 cm³/mol. The third-order valence-electron chi connectivity index (χ3n) is 5.23. The molecule has 4 unspecified atom stereocenters. The lowest BCUT2D eigenvalue weighted by molar-refractivity contribution is 0.176. The van der Waals surface area contributed by atoms with Crippen LogP contribution in [-0.4, -0.2) is 13.1 Å². The van der Waals surface area contributed by atoms with Gasteiger partial charge in [-0.25, -0.2) is 0 Å². The zero-order chi connectivity index (χ0) is 12.8. The molecule has 1 heteroatoms. The molecule has 17 heavy (non-hydrogen) atoms. The van der Waals surface area contributed by atoms with Crippen molar-refractivity contribution in [3.63, 3.8) is 0 Å². The predicted octanol–water partition coefficient (Wildman–Crippen LogP) is 4.47. The van der Waals surface area contributed by atoms with Crippen LogP contribution in [0, 0.1) is 23.7 Å². The Morgan fingerprint density at radius 2 is 1.71 bits per heavy atom. The molecular weight excluding hydrogens is 206 g/mol. The molecule has 4 atom stereocenters. The molecule has 0 amide bonds. The Kier molecular flexibility index (Phi) is 6.54. The van der Waals surface area contributed by atoms with E-state index in [9.17, 15) is 0 Å². The Balaban J connectivity index is 2.54. The first-order valence-electron chi connectivity index (χ1n) is 7.79. The molecule has 0 bridgehead atoms. The molecule has 0 aliphatic heterocycles. The van der Waals surface area contributed by atoms with E-state index in [1.54, 1.807) is 0 Å². The van der Waals surface area contributed by atoms with Crippen LogP contribution in [0.1, 0.15) is 66.2 Å². The molecule has 1 fully saturated rings. The lowest BCUT2D eigenvalue weighted by atomic mass is 9.75. The van der Waals surface area contributed by atoms with Crippen molar-refractivity contribution >= 4 is 0 Å². The van der Waals surface area contributed by atoms with Crippen LogP contribution in [0.4, 0.5) is 0 Å². The molecule has 1 rings (SSSR count). The van der Waals surface area contributed by atoms with Gasteiger partial charge in [0.1, 0.15) is 0 Å². The lowest BCUT2D eigenvalue weighted by Gasteiger charge is -2.35. The van der Waals surface area contributed by atoms with Gasteiger partial charge in [-0.15, -0.1) is 0 Å². The molecule has 1 saturated carbocycles. The van der Waals surface area contributed by atoms with Crippen molar-refractivity contribution in [1.29, 1.82) is 0 Å². The van der Waals surface area contributed by atoms with Gasteiger partial charge in [-0.1, -0.05) is 59.8 Å². The second kappa shape index (κ2) is 7.41. The van der Waals surface area contributed by atoms with Crippen LogP contribution >= 0.6 is 0 Å². The molecule has 1 aliphatic rings. The standard InChI is InChI=1S/C16H33N/c1-6-9-12(2)16(17-5)14(4)13(3)15-10-7-8-11-15/h12-17H,6-11H2,1-5H3. The summed E-state index contributed by atoms with van der Waals surface area (Å²) in [6.45, 7) is 9.68. The molecule has 0 saturated heterocycles. The van der Waals surface area contributed by atoms with Gasteiger partial charge in [0.15, 0.2) is 0 Å². The summed E-state index contributed by atoms with van der Waals surface area (Å²) in [5, 5.41) is 3.59. The van der Waals surface area contributed by atoms with E-state index in [1.807, 2.05) is 0 Å². The van der Waals surface area contributed by atoms with Crippen LogP contribution in [0.15, 0.2) is 0 Å². The third kappa shape index (κ3) is 3.98. The minimum Gasteiger partial charge on any atom is -0.316 e. The van der Waals surface area contributed by atoms with Gasteiger partial charge in [-0.2, -0.15) is 0 Å². The van der Waals surface area contributed by atoms with Crippen molar-refractivity contribution in [2.75, 3.05) is 7.05 Å². The topological polar surface area (TPSA) is 12.0 Å². The third-order valence-corrected chi connectivity index (χ3v) is 5.23. The van der Waals surface area contributed by atoms with E-state index in [0.29, 0.717) is 6.04 Å². The Hall–Kier alpha value is -0.0400. The van der Waals surface area contributed by atoms with Gasteiger partial charge in [0.25, 0.3) is 0 Å². The first kappa shape index (κ1) is 15.0. The Labute approximate surface area is 109 Å². The van der Waals surface area contributed by atoms with Crippen molar-refractivity contribution < 1.29 is 0 Å². The first-order chi connectivity index (χ1) is 8.11. The first-order valence-corrected chi connectivity index (χ1v) is 7.79. The Morgan fingerprint density at radius 1 is 1.12 bits per heavy atom. The Morgan fingerprint density at radius 3 is 2.18 bits per heavy atom. The fraction of sp³-hybridized carbons (Fsp3) is 1.00. The van der Waals surface area contributed by atoms with Crippen LogP contribution in [0.3, 0.4) is 0 Å². The molecular formula is C16H33N. The van der Waals surface area contributed by atoms with Gasteiger partial charge in [0, 0.05) is 6.04 Å². The van der Waals surface area contributed by atoms with Gasteiger partial charge < -0.3 is 5.32 Å². The quantitative estimate of drug-likeness (QED) is 0.691. The molecule has 0 aromatic heterocycles. The van der Waals surface area contributed by atoms with E-state index in [1.165, 1.54) is 38.5 Å². The molecule has 0 aromatic rings. The van der Waals surface area contributed by atoms with E-state index in [4.69, 9.17) is 0 Å². The summed E-state index contributed by atoms with van der Waals surface area (Å²) in [4.78, 5) is 0. The maximum Gasteiger partial charge on any atom is 0.0118 e. The largest absolute Gasteiger partial charge is 0.316 e. The van der Waals surface area contributed by atoms with E-state index in [2.05, 4.69) is 40.1 Å². The van der Waals surface area contributed by atoms with Gasteiger partial charge in [-0.05, 0) is 37.1 Å². The fourth-order valence-corrected chi connectivity index (χ4v) is 3.94. The van der Waals surface area contributed by atoms with Crippen LogP contribution in [0.25, 0.3) is 0 Å². The van der Waals surface area contributed by atoms with E-state index in [0.717, 1.165) is 23.7 Å². The average Bonchev–Trinajstić information content (AvgIpc) is 2.82. The number of nitrogens with one attached hydrogen (secondary N) is 1. The summed E-state index contributed by atoms with van der Waals surface area (Å²) in [5.74, 6) is 3.50. The highest BCUT2D eigenvalue weighted by atomic mass is 14.9. The van der Waals surface area contributed by atoms with E-state index < -0.39 is 0 Å². The average molecular weight is 239 g/mol. The van der Waals surface area contributed by atoms with Gasteiger partial charge in [0.2, 0.25) is 0 Å². The highest BCUT2D eigenvalue weighted by molar-refractivity contribution is 4.85. The SMILES string of the molecule is CCCC(C)C(NC)C(C)C(C)C1CCCC1. The molecule has 0 heterocycles. The molecule has 1 N–H and O–H groups in total. The summed E-state index contributed by atoms with van der Waals surface area (Å²) in [6.07, 6.45) is 8.55. The molecule has 0 aromatic carbocycles. The molecule has 0 spiro atoms. The number of hydrogen-bond donors (Lipinski definition) is 1. The number of rotatable bonds is 7. The summed E-state index contributed by atoms with van der Waals surface area (Å²) < 4.78 is 0.